The van der Waals surface area contributed by atoms with Crippen LogP contribution in [0.15, 0.2) is 41.7 Å². The van der Waals surface area contributed by atoms with Crippen LogP contribution in [0.1, 0.15) is 46.9 Å². The van der Waals surface area contributed by atoms with Crippen LogP contribution in [0.2, 0.25) is 0 Å². The van der Waals surface area contributed by atoms with Crippen LogP contribution in [0.3, 0.4) is 0 Å². The highest BCUT2D eigenvalue weighted by Gasteiger charge is 2.38. The average Bonchev–Trinajstić information content (AvgIpc) is 3.37. The van der Waals surface area contributed by atoms with Crippen molar-refractivity contribution in [1.82, 2.24) is 19.9 Å². The van der Waals surface area contributed by atoms with Gasteiger partial charge in [0, 0.05) is 17.5 Å². The number of rotatable bonds is 7. The van der Waals surface area contributed by atoms with E-state index >= 15 is 0 Å². The van der Waals surface area contributed by atoms with Gasteiger partial charge in [0.15, 0.2) is 5.78 Å². The smallest absolute Gasteiger partial charge is 0.329 e. The Kier molecular flexibility index (Phi) is 5.26. The third kappa shape index (κ3) is 4.16. The summed E-state index contributed by atoms with van der Waals surface area (Å²) in [7, 11) is 0. The Morgan fingerprint density at radius 1 is 1.44 bits per heavy atom. The highest BCUT2D eigenvalue weighted by molar-refractivity contribution is 7.15. The topological polar surface area (TPSA) is 73.8 Å². The van der Waals surface area contributed by atoms with Crippen molar-refractivity contribution in [2.45, 2.75) is 32.0 Å². The fraction of sp³-hybridized carbons (Fsp3) is 0.294. The third-order valence-electron chi connectivity index (χ3n) is 3.82. The summed E-state index contributed by atoms with van der Waals surface area (Å²) in [6, 6.07) is 3.18. The van der Waals surface area contributed by atoms with E-state index in [9.17, 15) is 18.0 Å². The normalized spacial score (nSPS) is 12.9. The molecule has 6 nitrogen and oxygen atoms in total. The molecule has 0 saturated carbocycles. The van der Waals surface area contributed by atoms with E-state index in [2.05, 4.69) is 26.3 Å². The minimum atomic E-state index is -4.68. The molecule has 3 aromatic heterocycles. The molecule has 3 heterocycles. The summed E-state index contributed by atoms with van der Waals surface area (Å²) < 4.78 is 43.6. The van der Waals surface area contributed by atoms with Crippen LogP contribution >= 0.6 is 11.3 Å². The van der Waals surface area contributed by atoms with E-state index in [0.29, 0.717) is 23.3 Å². The molecular formula is C17H15F3N4O2S. The van der Waals surface area contributed by atoms with Gasteiger partial charge in [-0.2, -0.15) is 23.3 Å². The molecule has 3 rings (SSSR count). The molecule has 1 unspecified atom stereocenters. The Labute approximate surface area is 156 Å². The Balaban J connectivity index is 1.76. The third-order valence-corrected chi connectivity index (χ3v) is 5.07. The number of hydrogen-bond donors (Lipinski definition) is 0. The zero-order chi connectivity index (χ0) is 19.6. The number of alkyl halides is 3. The Morgan fingerprint density at radius 2 is 2.22 bits per heavy atom. The highest BCUT2D eigenvalue weighted by Crippen LogP contribution is 2.34. The lowest BCUT2D eigenvalue weighted by Gasteiger charge is -2.09. The van der Waals surface area contributed by atoms with Crippen molar-refractivity contribution in [3.8, 4) is 10.7 Å². The van der Waals surface area contributed by atoms with Crippen LogP contribution in [0.4, 0.5) is 13.2 Å². The van der Waals surface area contributed by atoms with E-state index in [0.717, 1.165) is 4.88 Å². The van der Waals surface area contributed by atoms with Gasteiger partial charge in [-0.1, -0.05) is 11.2 Å². The predicted octanol–water partition coefficient (Wildman–Crippen LogP) is 4.77. The van der Waals surface area contributed by atoms with E-state index in [1.54, 1.807) is 29.1 Å². The molecule has 0 fully saturated rings. The molecule has 10 heteroatoms. The molecule has 3 aromatic rings. The van der Waals surface area contributed by atoms with Gasteiger partial charge in [0.25, 0.3) is 0 Å². The first-order valence-electron chi connectivity index (χ1n) is 7.99. The van der Waals surface area contributed by atoms with Crippen molar-refractivity contribution < 1.29 is 22.5 Å². The highest BCUT2D eigenvalue weighted by atomic mass is 32.1. The number of Topliss-reactive ketones (excluding diaryl/α,β-unsaturated/α-hetero) is 1. The molecule has 1 atom stereocenters. The molecule has 0 bridgehead atoms. The first-order valence-corrected chi connectivity index (χ1v) is 8.80. The Morgan fingerprint density at radius 3 is 2.89 bits per heavy atom. The number of hydrogen-bond acceptors (Lipinski definition) is 6. The number of carbonyl (C=O) groups is 1. The van der Waals surface area contributed by atoms with Gasteiger partial charge in [-0.25, -0.2) is 0 Å². The van der Waals surface area contributed by atoms with Gasteiger partial charge in [0.05, 0.1) is 22.7 Å². The average molecular weight is 396 g/mol. The lowest BCUT2D eigenvalue weighted by atomic mass is 10.1. The van der Waals surface area contributed by atoms with Gasteiger partial charge in [-0.3, -0.25) is 9.48 Å². The Bertz CT molecular complexity index is 957. The summed E-state index contributed by atoms with van der Waals surface area (Å²) in [6.07, 6.45) is 1.13. The molecule has 0 aromatic carbocycles. The summed E-state index contributed by atoms with van der Waals surface area (Å²) >= 11 is 1.23. The van der Waals surface area contributed by atoms with Crippen molar-refractivity contribution in [2.24, 2.45) is 0 Å². The zero-order valence-corrected chi connectivity index (χ0v) is 15.0. The van der Waals surface area contributed by atoms with Crippen LogP contribution in [-0.4, -0.2) is 25.7 Å². The second-order valence-corrected chi connectivity index (χ2v) is 6.87. The molecule has 0 saturated heterocycles. The van der Waals surface area contributed by atoms with Gasteiger partial charge < -0.3 is 4.52 Å². The second-order valence-electron chi connectivity index (χ2n) is 5.76. The van der Waals surface area contributed by atoms with Gasteiger partial charge in [0.2, 0.25) is 5.82 Å². The SMILES string of the molecule is C=CCCC(=O)c1cnn(C(C)c2ccc(-c3noc(C(F)(F)F)n3)s2)c1. The predicted molar refractivity (Wildman–Crippen MR) is 92.4 cm³/mol. The molecule has 0 amide bonds. The number of allylic oxidation sites excluding steroid dienone is 1. The summed E-state index contributed by atoms with van der Waals surface area (Å²) in [5.74, 6) is -1.52. The van der Waals surface area contributed by atoms with E-state index < -0.39 is 12.1 Å². The van der Waals surface area contributed by atoms with E-state index in [-0.39, 0.29) is 17.6 Å². The number of aromatic nitrogens is 4. The first kappa shape index (κ1) is 19.0. The molecule has 0 N–H and O–H groups in total. The zero-order valence-electron chi connectivity index (χ0n) is 14.2. The molecular weight excluding hydrogens is 381 g/mol. The van der Waals surface area contributed by atoms with E-state index in [1.165, 1.54) is 17.5 Å². The lowest BCUT2D eigenvalue weighted by molar-refractivity contribution is -0.159. The van der Waals surface area contributed by atoms with Crippen molar-refractivity contribution in [2.75, 3.05) is 0 Å². The number of nitrogens with zero attached hydrogens (tertiary/aromatic N) is 4. The van der Waals surface area contributed by atoms with Crippen LogP contribution in [0.25, 0.3) is 10.7 Å². The van der Waals surface area contributed by atoms with Crippen LogP contribution in [0, 0.1) is 0 Å². The summed E-state index contributed by atoms with van der Waals surface area (Å²) in [6.45, 7) is 5.46. The van der Waals surface area contributed by atoms with Crippen molar-refractivity contribution in [3.63, 3.8) is 0 Å². The van der Waals surface area contributed by atoms with Crippen molar-refractivity contribution in [3.05, 3.63) is 53.5 Å². The standard InChI is InChI=1S/C17H15F3N4O2S/c1-3-4-5-12(25)11-8-21-24(9-11)10(2)13-6-7-14(27-13)15-22-16(26-23-15)17(18,19)20/h3,6-10H,1,4-5H2,2H3. The number of carbonyl (C=O) groups excluding carboxylic acids is 1. The number of thiophene rings is 1. The molecule has 142 valence electrons. The van der Waals surface area contributed by atoms with Gasteiger partial charge >= 0.3 is 12.1 Å². The Hall–Kier alpha value is -2.75. The van der Waals surface area contributed by atoms with E-state index in [1.807, 2.05) is 6.92 Å². The monoisotopic (exact) mass is 396 g/mol. The maximum Gasteiger partial charge on any atom is 0.471 e. The van der Waals surface area contributed by atoms with Crippen LogP contribution < -0.4 is 0 Å². The maximum absolute atomic E-state index is 12.6. The summed E-state index contributed by atoms with van der Waals surface area (Å²) in [5, 5.41) is 7.60. The largest absolute Gasteiger partial charge is 0.471 e. The molecule has 27 heavy (non-hydrogen) atoms. The molecule has 0 aliphatic rings. The number of halogens is 3. The van der Waals surface area contributed by atoms with Crippen LogP contribution in [0.5, 0.6) is 0 Å². The van der Waals surface area contributed by atoms with Crippen molar-refractivity contribution in [1.29, 1.82) is 0 Å². The lowest BCUT2D eigenvalue weighted by Crippen LogP contribution is -2.05. The summed E-state index contributed by atoms with van der Waals surface area (Å²) in [4.78, 5) is 16.7. The molecule has 0 aliphatic heterocycles. The van der Waals surface area contributed by atoms with Crippen LogP contribution in [-0.2, 0) is 6.18 Å². The van der Waals surface area contributed by atoms with E-state index in [4.69, 9.17) is 0 Å². The second kappa shape index (κ2) is 7.47. The quantitative estimate of drug-likeness (QED) is 0.425. The first-order chi connectivity index (χ1) is 12.8. The molecule has 0 radical (unpaired) electrons. The van der Waals surface area contributed by atoms with Gasteiger partial charge in [-0.05, 0) is 25.5 Å². The summed E-state index contributed by atoms with van der Waals surface area (Å²) in [5.41, 5.74) is 0.508. The van der Waals surface area contributed by atoms with Gasteiger partial charge in [-0.15, -0.1) is 17.9 Å². The number of ketones is 1. The maximum atomic E-state index is 12.6. The minimum Gasteiger partial charge on any atom is -0.329 e. The molecule has 0 spiro atoms. The van der Waals surface area contributed by atoms with Crippen molar-refractivity contribution >= 4 is 17.1 Å². The molecule has 0 aliphatic carbocycles. The fourth-order valence-corrected chi connectivity index (χ4v) is 3.32. The minimum absolute atomic E-state index is 0.0216. The fourth-order valence-electron chi connectivity index (χ4n) is 2.34. The van der Waals surface area contributed by atoms with Gasteiger partial charge in [0.1, 0.15) is 0 Å².